The average Bonchev–Trinajstić information content (AvgIpc) is 2.45. The minimum atomic E-state index is -0.271. The van der Waals surface area contributed by atoms with Crippen LogP contribution in [0.2, 0.25) is 0 Å². The molecular weight excluding hydrogens is 244 g/mol. The number of halogens is 1. The largest absolute Gasteiger partial charge is 0.393 e. The van der Waals surface area contributed by atoms with E-state index < -0.39 is 0 Å². The minimum Gasteiger partial charge on any atom is -0.393 e. The minimum absolute atomic E-state index is 0.271. The third-order valence-corrected chi connectivity index (χ3v) is 3.38. The molecule has 0 spiro atoms. The summed E-state index contributed by atoms with van der Waals surface area (Å²) in [6.07, 6.45) is 1.18. The number of nitrogens with zero attached hydrogens (tertiary/aromatic N) is 2. The number of aryl methyl sites for hydroxylation is 2. The first-order chi connectivity index (χ1) is 6.60. The SMILES string of the molecule is CCC(O)Cc1c(Br)c(C)nn1CC. The maximum absolute atomic E-state index is 9.60. The van der Waals surface area contributed by atoms with Crippen molar-refractivity contribution >= 4 is 15.9 Å². The third-order valence-electron chi connectivity index (χ3n) is 2.35. The number of hydrogen-bond donors (Lipinski definition) is 1. The molecule has 4 heteroatoms. The summed E-state index contributed by atoms with van der Waals surface area (Å²) in [5, 5.41) is 14.0. The van der Waals surface area contributed by atoms with Crippen molar-refractivity contribution in [3.8, 4) is 0 Å². The van der Waals surface area contributed by atoms with Crippen LogP contribution in [0.3, 0.4) is 0 Å². The lowest BCUT2D eigenvalue weighted by atomic mass is 10.1. The Morgan fingerprint density at radius 1 is 1.50 bits per heavy atom. The second-order valence-corrected chi connectivity index (χ2v) is 4.22. The summed E-state index contributed by atoms with van der Waals surface area (Å²) < 4.78 is 2.98. The van der Waals surface area contributed by atoms with E-state index in [2.05, 4.69) is 28.0 Å². The van der Waals surface area contributed by atoms with E-state index in [1.54, 1.807) is 0 Å². The Labute approximate surface area is 93.3 Å². The van der Waals surface area contributed by atoms with Gasteiger partial charge in [-0.1, -0.05) is 6.92 Å². The standard InChI is InChI=1S/C10H17BrN2O/c1-4-8(14)6-9-10(11)7(3)12-13(9)5-2/h8,14H,4-6H2,1-3H3. The predicted octanol–water partition coefficient (Wildman–Crippen LogP) is 2.29. The fourth-order valence-corrected chi connectivity index (χ4v) is 1.88. The van der Waals surface area contributed by atoms with Gasteiger partial charge >= 0.3 is 0 Å². The van der Waals surface area contributed by atoms with Crippen molar-refractivity contribution in [2.75, 3.05) is 0 Å². The van der Waals surface area contributed by atoms with Gasteiger partial charge in [-0.3, -0.25) is 4.68 Å². The molecule has 1 rings (SSSR count). The van der Waals surface area contributed by atoms with Crippen LogP contribution in [-0.2, 0) is 13.0 Å². The van der Waals surface area contributed by atoms with Crippen molar-refractivity contribution in [2.24, 2.45) is 0 Å². The number of aliphatic hydroxyl groups is 1. The molecule has 0 fully saturated rings. The smallest absolute Gasteiger partial charge is 0.0738 e. The van der Waals surface area contributed by atoms with E-state index in [4.69, 9.17) is 0 Å². The molecule has 0 saturated heterocycles. The quantitative estimate of drug-likeness (QED) is 0.903. The molecule has 80 valence electrons. The monoisotopic (exact) mass is 260 g/mol. The van der Waals surface area contributed by atoms with Gasteiger partial charge in [0.05, 0.1) is 22.0 Å². The molecule has 3 nitrogen and oxygen atoms in total. The fraction of sp³-hybridized carbons (Fsp3) is 0.700. The fourth-order valence-electron chi connectivity index (χ4n) is 1.43. The maximum atomic E-state index is 9.60. The number of hydrogen-bond acceptors (Lipinski definition) is 2. The molecule has 0 aliphatic heterocycles. The van der Waals surface area contributed by atoms with Gasteiger partial charge < -0.3 is 5.11 Å². The highest BCUT2D eigenvalue weighted by Gasteiger charge is 2.14. The van der Waals surface area contributed by atoms with E-state index in [9.17, 15) is 5.11 Å². The van der Waals surface area contributed by atoms with Crippen LogP contribution in [0.15, 0.2) is 4.47 Å². The molecule has 0 bridgehead atoms. The summed E-state index contributed by atoms with van der Waals surface area (Å²) in [5.74, 6) is 0. The molecule has 0 radical (unpaired) electrons. The van der Waals surface area contributed by atoms with Crippen LogP contribution >= 0.6 is 15.9 Å². The van der Waals surface area contributed by atoms with Crippen molar-refractivity contribution < 1.29 is 5.11 Å². The highest BCUT2D eigenvalue weighted by molar-refractivity contribution is 9.10. The second-order valence-electron chi connectivity index (χ2n) is 3.43. The highest BCUT2D eigenvalue weighted by atomic mass is 79.9. The first-order valence-corrected chi connectivity index (χ1v) is 5.79. The van der Waals surface area contributed by atoms with Gasteiger partial charge in [0.1, 0.15) is 0 Å². The van der Waals surface area contributed by atoms with E-state index in [-0.39, 0.29) is 6.10 Å². The molecule has 0 aromatic carbocycles. The Morgan fingerprint density at radius 2 is 2.14 bits per heavy atom. The van der Waals surface area contributed by atoms with E-state index >= 15 is 0 Å². The van der Waals surface area contributed by atoms with Crippen molar-refractivity contribution in [1.29, 1.82) is 0 Å². The van der Waals surface area contributed by atoms with Crippen LogP contribution in [0, 0.1) is 6.92 Å². The van der Waals surface area contributed by atoms with Gasteiger partial charge in [0, 0.05) is 13.0 Å². The Hall–Kier alpha value is -0.350. The maximum Gasteiger partial charge on any atom is 0.0738 e. The zero-order valence-electron chi connectivity index (χ0n) is 8.92. The van der Waals surface area contributed by atoms with Crippen molar-refractivity contribution in [1.82, 2.24) is 9.78 Å². The summed E-state index contributed by atoms with van der Waals surface area (Å²) in [4.78, 5) is 0. The lowest BCUT2D eigenvalue weighted by molar-refractivity contribution is 0.167. The van der Waals surface area contributed by atoms with Crippen molar-refractivity contribution in [3.05, 3.63) is 15.9 Å². The summed E-state index contributed by atoms with van der Waals surface area (Å²) >= 11 is 3.51. The number of rotatable bonds is 4. The Bertz CT molecular complexity index is 309. The topological polar surface area (TPSA) is 38.1 Å². The van der Waals surface area contributed by atoms with Crippen LogP contribution < -0.4 is 0 Å². The van der Waals surface area contributed by atoms with Gasteiger partial charge in [0.15, 0.2) is 0 Å². The zero-order valence-corrected chi connectivity index (χ0v) is 10.5. The summed E-state index contributed by atoms with van der Waals surface area (Å²) in [5.41, 5.74) is 2.09. The number of aliphatic hydroxyl groups excluding tert-OH is 1. The molecule has 1 aromatic heterocycles. The molecule has 1 N–H and O–H groups in total. The van der Waals surface area contributed by atoms with Crippen LogP contribution in [0.4, 0.5) is 0 Å². The Balaban J connectivity index is 2.93. The molecule has 1 unspecified atom stereocenters. The molecule has 0 aliphatic rings. The van der Waals surface area contributed by atoms with E-state index in [0.717, 1.165) is 28.8 Å². The van der Waals surface area contributed by atoms with Gasteiger partial charge in [-0.05, 0) is 36.2 Å². The third kappa shape index (κ3) is 2.36. The lowest BCUT2D eigenvalue weighted by Crippen LogP contribution is -2.13. The summed E-state index contributed by atoms with van der Waals surface area (Å²) in [7, 11) is 0. The normalized spacial score (nSPS) is 13.2. The van der Waals surface area contributed by atoms with Gasteiger partial charge in [0.25, 0.3) is 0 Å². The van der Waals surface area contributed by atoms with E-state index in [1.165, 1.54) is 0 Å². The van der Waals surface area contributed by atoms with Gasteiger partial charge in [-0.2, -0.15) is 5.10 Å². The first-order valence-electron chi connectivity index (χ1n) is 4.99. The lowest BCUT2D eigenvalue weighted by Gasteiger charge is -2.09. The highest BCUT2D eigenvalue weighted by Crippen LogP contribution is 2.22. The summed E-state index contributed by atoms with van der Waals surface area (Å²) in [6, 6.07) is 0. The van der Waals surface area contributed by atoms with Crippen LogP contribution in [0.25, 0.3) is 0 Å². The van der Waals surface area contributed by atoms with Crippen LogP contribution in [-0.4, -0.2) is 21.0 Å². The molecule has 1 aromatic rings. The molecule has 14 heavy (non-hydrogen) atoms. The van der Waals surface area contributed by atoms with E-state index in [0.29, 0.717) is 6.42 Å². The van der Waals surface area contributed by atoms with Crippen molar-refractivity contribution in [2.45, 2.75) is 46.3 Å². The molecular formula is C10H17BrN2O. The molecule has 1 atom stereocenters. The average molecular weight is 261 g/mol. The second kappa shape index (κ2) is 4.94. The first kappa shape index (κ1) is 11.7. The Kier molecular flexibility index (Phi) is 4.13. The van der Waals surface area contributed by atoms with Crippen LogP contribution in [0.5, 0.6) is 0 Å². The van der Waals surface area contributed by atoms with Gasteiger partial charge in [0.2, 0.25) is 0 Å². The molecule has 0 saturated carbocycles. The zero-order chi connectivity index (χ0) is 10.7. The van der Waals surface area contributed by atoms with Gasteiger partial charge in [-0.15, -0.1) is 0 Å². The van der Waals surface area contributed by atoms with E-state index in [1.807, 2.05) is 18.5 Å². The summed E-state index contributed by atoms with van der Waals surface area (Å²) in [6.45, 7) is 6.86. The molecule has 0 aliphatic carbocycles. The van der Waals surface area contributed by atoms with Gasteiger partial charge in [-0.25, -0.2) is 0 Å². The van der Waals surface area contributed by atoms with Crippen LogP contribution in [0.1, 0.15) is 31.7 Å². The Morgan fingerprint density at radius 3 is 2.64 bits per heavy atom. The van der Waals surface area contributed by atoms with Crippen molar-refractivity contribution in [3.63, 3.8) is 0 Å². The predicted molar refractivity (Wildman–Crippen MR) is 60.3 cm³/mol. The molecule has 0 amide bonds. The number of aromatic nitrogens is 2. The molecule has 1 heterocycles.